The molecular formula is C20H22BrN3OS. The number of benzene rings is 1. The SMILES string of the molecule is CCN=C1S/C(=C/c2cc(C)n(-c3cccc(Br)c3)c2C)C(=O)N1CC. The normalized spacial score (nSPS) is 17.7. The molecule has 1 amide bonds. The van der Waals surface area contributed by atoms with Crippen molar-refractivity contribution in [2.24, 2.45) is 4.99 Å². The minimum absolute atomic E-state index is 0.0389. The molecule has 0 N–H and O–H groups in total. The summed E-state index contributed by atoms with van der Waals surface area (Å²) in [6.45, 7) is 9.45. The molecule has 0 saturated carbocycles. The van der Waals surface area contributed by atoms with Crippen molar-refractivity contribution in [2.45, 2.75) is 27.7 Å². The number of aliphatic imine (C=N–C) groups is 1. The Labute approximate surface area is 167 Å². The maximum Gasteiger partial charge on any atom is 0.266 e. The number of halogens is 1. The number of aromatic nitrogens is 1. The van der Waals surface area contributed by atoms with Gasteiger partial charge in [-0.2, -0.15) is 0 Å². The van der Waals surface area contributed by atoms with Crippen molar-refractivity contribution in [3.63, 3.8) is 0 Å². The number of aryl methyl sites for hydroxylation is 1. The number of carbonyl (C=O) groups is 1. The predicted molar refractivity (Wildman–Crippen MR) is 114 cm³/mol. The van der Waals surface area contributed by atoms with Crippen LogP contribution >= 0.6 is 27.7 Å². The van der Waals surface area contributed by atoms with Gasteiger partial charge >= 0.3 is 0 Å². The van der Waals surface area contributed by atoms with Gasteiger partial charge in [0.25, 0.3) is 5.91 Å². The minimum atomic E-state index is 0.0389. The average molecular weight is 432 g/mol. The van der Waals surface area contributed by atoms with E-state index in [1.165, 1.54) is 11.8 Å². The summed E-state index contributed by atoms with van der Waals surface area (Å²) in [6, 6.07) is 10.4. The lowest BCUT2D eigenvalue weighted by Gasteiger charge is -2.11. The van der Waals surface area contributed by atoms with Crippen LogP contribution in [-0.2, 0) is 4.79 Å². The monoisotopic (exact) mass is 431 g/mol. The van der Waals surface area contributed by atoms with Crippen molar-refractivity contribution < 1.29 is 4.79 Å². The zero-order chi connectivity index (χ0) is 18.8. The van der Waals surface area contributed by atoms with E-state index in [1.54, 1.807) is 4.90 Å². The molecule has 0 aliphatic carbocycles. The van der Waals surface area contributed by atoms with Crippen molar-refractivity contribution in [2.75, 3.05) is 13.1 Å². The van der Waals surface area contributed by atoms with Gasteiger partial charge in [-0.15, -0.1) is 0 Å². The molecule has 0 bridgehead atoms. The molecule has 2 aromatic rings. The van der Waals surface area contributed by atoms with Gasteiger partial charge in [0.1, 0.15) is 0 Å². The van der Waals surface area contributed by atoms with E-state index in [4.69, 9.17) is 0 Å². The van der Waals surface area contributed by atoms with E-state index >= 15 is 0 Å². The third kappa shape index (κ3) is 3.53. The fourth-order valence-electron chi connectivity index (χ4n) is 3.13. The second kappa shape index (κ2) is 7.84. The Kier molecular flexibility index (Phi) is 5.73. The number of hydrogen-bond acceptors (Lipinski definition) is 3. The van der Waals surface area contributed by atoms with Crippen LogP contribution in [0.15, 0.2) is 44.7 Å². The third-order valence-electron chi connectivity index (χ3n) is 4.32. The van der Waals surface area contributed by atoms with Crippen molar-refractivity contribution in [3.8, 4) is 5.69 Å². The smallest absolute Gasteiger partial charge is 0.266 e. The lowest BCUT2D eigenvalue weighted by Crippen LogP contribution is -2.28. The summed E-state index contributed by atoms with van der Waals surface area (Å²) < 4.78 is 3.25. The lowest BCUT2D eigenvalue weighted by atomic mass is 10.2. The molecule has 3 rings (SSSR count). The molecule has 0 atom stereocenters. The highest BCUT2D eigenvalue weighted by Gasteiger charge is 2.32. The van der Waals surface area contributed by atoms with E-state index in [9.17, 15) is 4.79 Å². The van der Waals surface area contributed by atoms with Crippen molar-refractivity contribution in [1.29, 1.82) is 0 Å². The standard InChI is InChI=1S/C20H22BrN3OS/c1-5-22-20-23(6-2)19(25)18(26-20)11-15-10-13(3)24(14(15)4)17-9-7-8-16(21)12-17/h7-12H,5-6H2,1-4H3/b18-11+,22-20?. The molecule has 1 aromatic heterocycles. The second-order valence-electron chi connectivity index (χ2n) is 6.06. The Bertz CT molecular complexity index is 914. The fourth-order valence-corrected chi connectivity index (χ4v) is 4.61. The highest BCUT2D eigenvalue weighted by molar-refractivity contribution is 9.10. The molecule has 136 valence electrons. The van der Waals surface area contributed by atoms with Crippen molar-refractivity contribution in [3.05, 3.63) is 56.7 Å². The van der Waals surface area contributed by atoms with Gasteiger partial charge in [-0.05, 0) is 75.4 Å². The van der Waals surface area contributed by atoms with Crippen LogP contribution in [0, 0.1) is 13.8 Å². The number of hydrogen-bond donors (Lipinski definition) is 0. The van der Waals surface area contributed by atoms with Crippen LogP contribution in [0.4, 0.5) is 0 Å². The molecule has 0 unspecified atom stereocenters. The van der Waals surface area contributed by atoms with E-state index in [2.05, 4.69) is 57.5 Å². The predicted octanol–water partition coefficient (Wildman–Crippen LogP) is 5.17. The molecule has 1 saturated heterocycles. The number of nitrogens with zero attached hydrogens (tertiary/aromatic N) is 3. The summed E-state index contributed by atoms with van der Waals surface area (Å²) >= 11 is 5.00. The maximum absolute atomic E-state index is 12.7. The van der Waals surface area contributed by atoms with Crippen molar-refractivity contribution in [1.82, 2.24) is 9.47 Å². The molecular weight excluding hydrogens is 410 g/mol. The zero-order valence-electron chi connectivity index (χ0n) is 15.4. The number of thioether (sulfide) groups is 1. The first-order valence-corrected chi connectivity index (χ1v) is 10.3. The highest BCUT2D eigenvalue weighted by Crippen LogP contribution is 2.34. The molecule has 1 fully saturated rings. The number of amidine groups is 1. The molecule has 6 heteroatoms. The number of rotatable bonds is 4. The van der Waals surface area contributed by atoms with Crippen LogP contribution in [0.5, 0.6) is 0 Å². The lowest BCUT2D eigenvalue weighted by molar-refractivity contribution is -0.122. The maximum atomic E-state index is 12.7. The number of amides is 1. The average Bonchev–Trinajstić information content (AvgIpc) is 3.04. The minimum Gasteiger partial charge on any atom is -0.318 e. The van der Waals surface area contributed by atoms with Gasteiger partial charge in [-0.1, -0.05) is 22.0 Å². The summed E-state index contributed by atoms with van der Waals surface area (Å²) in [7, 11) is 0. The van der Waals surface area contributed by atoms with Gasteiger partial charge in [0, 0.05) is 34.6 Å². The second-order valence-corrected chi connectivity index (χ2v) is 7.98. The Morgan fingerprint density at radius 2 is 2.00 bits per heavy atom. The van der Waals surface area contributed by atoms with Gasteiger partial charge in [0.15, 0.2) is 5.17 Å². The summed E-state index contributed by atoms with van der Waals surface area (Å²) in [5.41, 5.74) is 4.42. The molecule has 26 heavy (non-hydrogen) atoms. The Morgan fingerprint density at radius 3 is 2.65 bits per heavy atom. The number of likely N-dealkylation sites (N-methyl/N-ethyl adjacent to an activating group) is 1. The van der Waals surface area contributed by atoms with Gasteiger partial charge in [-0.3, -0.25) is 14.7 Å². The van der Waals surface area contributed by atoms with E-state index in [-0.39, 0.29) is 5.91 Å². The van der Waals surface area contributed by atoms with Crippen molar-refractivity contribution >= 4 is 44.8 Å². The summed E-state index contributed by atoms with van der Waals surface area (Å²) in [5.74, 6) is 0.0389. The molecule has 1 aromatic carbocycles. The molecule has 1 aliphatic rings. The summed E-state index contributed by atoms with van der Waals surface area (Å²) in [5, 5.41) is 0.798. The zero-order valence-corrected chi connectivity index (χ0v) is 17.8. The van der Waals surface area contributed by atoms with Gasteiger partial charge in [0.05, 0.1) is 4.91 Å². The van der Waals surface area contributed by atoms with Crippen LogP contribution in [-0.4, -0.2) is 33.6 Å². The van der Waals surface area contributed by atoms with Crippen LogP contribution in [0.25, 0.3) is 11.8 Å². The highest BCUT2D eigenvalue weighted by atomic mass is 79.9. The summed E-state index contributed by atoms with van der Waals surface area (Å²) in [6.07, 6.45) is 1.99. The fraction of sp³-hybridized carbons (Fsp3) is 0.300. The van der Waals surface area contributed by atoms with Crippen LogP contribution in [0.2, 0.25) is 0 Å². The molecule has 2 heterocycles. The quantitative estimate of drug-likeness (QED) is 0.626. The van der Waals surface area contributed by atoms with Gasteiger partial charge < -0.3 is 4.57 Å². The van der Waals surface area contributed by atoms with Gasteiger partial charge in [0.2, 0.25) is 0 Å². The number of carbonyl (C=O) groups excluding carboxylic acids is 1. The first-order valence-electron chi connectivity index (χ1n) is 8.67. The van der Waals surface area contributed by atoms with E-state index in [1.807, 2.05) is 32.1 Å². The Morgan fingerprint density at radius 1 is 1.23 bits per heavy atom. The van der Waals surface area contributed by atoms with E-state index < -0.39 is 0 Å². The van der Waals surface area contributed by atoms with Crippen LogP contribution in [0.1, 0.15) is 30.8 Å². The van der Waals surface area contributed by atoms with E-state index in [0.29, 0.717) is 13.1 Å². The molecule has 0 radical (unpaired) electrons. The van der Waals surface area contributed by atoms with Crippen LogP contribution < -0.4 is 0 Å². The largest absolute Gasteiger partial charge is 0.318 e. The third-order valence-corrected chi connectivity index (χ3v) is 5.86. The first kappa shape index (κ1) is 19.0. The molecule has 4 nitrogen and oxygen atoms in total. The topological polar surface area (TPSA) is 37.6 Å². The first-order chi connectivity index (χ1) is 12.5. The van der Waals surface area contributed by atoms with Crippen LogP contribution in [0.3, 0.4) is 0 Å². The Hall–Kier alpha value is -1.79. The molecule has 1 aliphatic heterocycles. The van der Waals surface area contributed by atoms with Gasteiger partial charge in [-0.25, -0.2) is 0 Å². The Balaban J connectivity index is 2.02. The summed E-state index contributed by atoms with van der Waals surface area (Å²) in [4.78, 5) is 19.6. The van der Waals surface area contributed by atoms with E-state index in [0.717, 1.165) is 37.2 Å². The molecule has 0 spiro atoms.